The lowest BCUT2D eigenvalue weighted by molar-refractivity contribution is -0.113. The summed E-state index contributed by atoms with van der Waals surface area (Å²) in [7, 11) is 0. The molecule has 0 aliphatic carbocycles. The van der Waals surface area contributed by atoms with Gasteiger partial charge in [0.25, 0.3) is 5.91 Å². The zero-order valence-electron chi connectivity index (χ0n) is 15.1. The van der Waals surface area contributed by atoms with Gasteiger partial charge in [-0.3, -0.25) is 19.7 Å². The molecule has 0 saturated heterocycles. The van der Waals surface area contributed by atoms with Crippen LogP contribution >= 0.6 is 23.1 Å². The maximum atomic E-state index is 12.9. The highest BCUT2D eigenvalue weighted by molar-refractivity contribution is 8.01. The van der Waals surface area contributed by atoms with Crippen molar-refractivity contribution >= 4 is 51.5 Å². The van der Waals surface area contributed by atoms with E-state index in [1.54, 1.807) is 24.3 Å². The standard InChI is InChI=1S/C19H15FN4O3S2/c1-11(25)12-4-8-15(9-5-12)21-16(26)10-28-19-24-23-18(29-19)22-17(27)13-2-6-14(20)7-3-13/h2-9H,10H2,1H3,(H,21,26)(H,22,23,27). The van der Waals surface area contributed by atoms with Crippen LogP contribution in [-0.2, 0) is 4.79 Å². The van der Waals surface area contributed by atoms with Crippen LogP contribution in [0, 0.1) is 5.82 Å². The highest BCUT2D eigenvalue weighted by Gasteiger charge is 2.12. The topological polar surface area (TPSA) is 101 Å². The van der Waals surface area contributed by atoms with E-state index in [1.807, 2.05) is 0 Å². The van der Waals surface area contributed by atoms with E-state index < -0.39 is 11.7 Å². The Bertz CT molecular complexity index is 1040. The average molecular weight is 430 g/mol. The minimum absolute atomic E-state index is 0.0444. The average Bonchev–Trinajstić information content (AvgIpc) is 3.14. The highest BCUT2D eigenvalue weighted by Crippen LogP contribution is 2.26. The van der Waals surface area contributed by atoms with Crippen molar-refractivity contribution in [2.75, 3.05) is 16.4 Å². The minimum Gasteiger partial charge on any atom is -0.325 e. The second-order valence-corrected chi connectivity index (χ2v) is 8.00. The molecule has 2 aromatic carbocycles. The number of rotatable bonds is 7. The molecule has 0 aliphatic heterocycles. The number of hydrogen-bond acceptors (Lipinski definition) is 7. The van der Waals surface area contributed by atoms with Crippen LogP contribution in [0.5, 0.6) is 0 Å². The van der Waals surface area contributed by atoms with E-state index in [1.165, 1.54) is 43.0 Å². The molecule has 0 atom stereocenters. The molecular weight excluding hydrogens is 415 g/mol. The number of thioether (sulfide) groups is 1. The van der Waals surface area contributed by atoms with Crippen LogP contribution in [0.4, 0.5) is 15.2 Å². The van der Waals surface area contributed by atoms with Gasteiger partial charge in [0, 0.05) is 16.8 Å². The number of benzene rings is 2. The van der Waals surface area contributed by atoms with Crippen molar-refractivity contribution in [3.05, 3.63) is 65.5 Å². The largest absolute Gasteiger partial charge is 0.325 e. The number of carbonyl (C=O) groups excluding carboxylic acids is 3. The second kappa shape index (κ2) is 9.39. The molecule has 0 spiro atoms. The smallest absolute Gasteiger partial charge is 0.257 e. The SMILES string of the molecule is CC(=O)c1ccc(NC(=O)CSc2nnc(NC(=O)c3ccc(F)cc3)s2)cc1. The summed E-state index contributed by atoms with van der Waals surface area (Å²) in [5.74, 6) is -1.03. The van der Waals surface area contributed by atoms with Gasteiger partial charge in [-0.25, -0.2) is 4.39 Å². The van der Waals surface area contributed by atoms with Gasteiger partial charge < -0.3 is 5.32 Å². The van der Waals surface area contributed by atoms with Gasteiger partial charge in [-0.2, -0.15) is 0 Å². The lowest BCUT2D eigenvalue weighted by Gasteiger charge is -2.04. The number of halogens is 1. The number of amides is 2. The molecule has 3 aromatic rings. The Kier molecular flexibility index (Phi) is 6.68. The van der Waals surface area contributed by atoms with Gasteiger partial charge in [-0.05, 0) is 55.5 Å². The molecule has 0 aliphatic rings. The number of ketones is 1. The summed E-state index contributed by atoms with van der Waals surface area (Å²) in [5.41, 5.74) is 1.46. The fourth-order valence-corrected chi connectivity index (χ4v) is 3.75. The zero-order chi connectivity index (χ0) is 20.8. The maximum Gasteiger partial charge on any atom is 0.257 e. The Morgan fingerprint density at radius 3 is 2.28 bits per heavy atom. The number of hydrogen-bond donors (Lipinski definition) is 2. The fraction of sp³-hybridized carbons (Fsp3) is 0.105. The van der Waals surface area contributed by atoms with E-state index >= 15 is 0 Å². The van der Waals surface area contributed by atoms with Crippen molar-refractivity contribution in [2.45, 2.75) is 11.3 Å². The van der Waals surface area contributed by atoms with Gasteiger partial charge in [0.05, 0.1) is 5.75 Å². The van der Waals surface area contributed by atoms with Gasteiger partial charge in [0.1, 0.15) is 5.82 Å². The third-order valence-electron chi connectivity index (χ3n) is 3.64. The minimum atomic E-state index is -0.427. The van der Waals surface area contributed by atoms with Crippen molar-refractivity contribution in [1.29, 1.82) is 0 Å². The van der Waals surface area contributed by atoms with Crippen LogP contribution in [0.1, 0.15) is 27.6 Å². The first-order chi connectivity index (χ1) is 13.9. The quantitative estimate of drug-likeness (QED) is 0.335. The molecular formula is C19H15FN4O3S2. The van der Waals surface area contributed by atoms with E-state index in [9.17, 15) is 18.8 Å². The van der Waals surface area contributed by atoms with Crippen molar-refractivity contribution in [2.24, 2.45) is 0 Å². The molecule has 3 rings (SSSR count). The van der Waals surface area contributed by atoms with E-state index in [0.717, 1.165) is 11.3 Å². The van der Waals surface area contributed by atoms with Crippen molar-refractivity contribution in [1.82, 2.24) is 10.2 Å². The Balaban J connectivity index is 1.49. The van der Waals surface area contributed by atoms with E-state index in [4.69, 9.17) is 0 Å². The lowest BCUT2D eigenvalue weighted by Crippen LogP contribution is -2.14. The van der Waals surface area contributed by atoms with E-state index in [0.29, 0.717) is 21.2 Å². The summed E-state index contributed by atoms with van der Waals surface area (Å²) in [5, 5.41) is 13.4. The molecule has 0 saturated carbocycles. The summed E-state index contributed by atoms with van der Waals surface area (Å²) < 4.78 is 13.4. The highest BCUT2D eigenvalue weighted by atomic mass is 32.2. The molecule has 0 bridgehead atoms. The predicted octanol–water partition coefficient (Wildman–Crippen LogP) is 3.86. The normalized spacial score (nSPS) is 10.4. The van der Waals surface area contributed by atoms with Gasteiger partial charge in [0.2, 0.25) is 11.0 Å². The summed E-state index contributed by atoms with van der Waals surface area (Å²) in [6.45, 7) is 1.47. The molecule has 2 N–H and O–H groups in total. The van der Waals surface area contributed by atoms with Crippen LogP contribution < -0.4 is 10.6 Å². The van der Waals surface area contributed by atoms with E-state index in [-0.39, 0.29) is 22.6 Å². The lowest BCUT2D eigenvalue weighted by atomic mass is 10.1. The predicted molar refractivity (Wildman–Crippen MR) is 110 cm³/mol. The van der Waals surface area contributed by atoms with Crippen molar-refractivity contribution < 1.29 is 18.8 Å². The first-order valence-corrected chi connectivity index (χ1v) is 10.1. The zero-order valence-corrected chi connectivity index (χ0v) is 16.8. The summed E-state index contributed by atoms with van der Waals surface area (Å²) in [4.78, 5) is 35.4. The molecule has 0 fully saturated rings. The van der Waals surface area contributed by atoms with Gasteiger partial charge in [0.15, 0.2) is 10.1 Å². The summed E-state index contributed by atoms with van der Waals surface area (Å²) >= 11 is 2.31. The summed E-state index contributed by atoms with van der Waals surface area (Å²) in [6, 6.07) is 11.7. The van der Waals surface area contributed by atoms with Crippen LogP contribution in [0.15, 0.2) is 52.9 Å². The maximum absolute atomic E-state index is 12.9. The number of nitrogens with zero attached hydrogens (tertiary/aromatic N) is 2. The van der Waals surface area contributed by atoms with Gasteiger partial charge in [-0.1, -0.05) is 23.1 Å². The van der Waals surface area contributed by atoms with Crippen LogP contribution in [0.3, 0.4) is 0 Å². The van der Waals surface area contributed by atoms with Crippen LogP contribution in [-0.4, -0.2) is 33.5 Å². The number of aromatic nitrogens is 2. The molecule has 1 heterocycles. The van der Waals surface area contributed by atoms with Crippen molar-refractivity contribution in [3.63, 3.8) is 0 Å². The fourth-order valence-electron chi connectivity index (χ4n) is 2.20. The number of carbonyl (C=O) groups is 3. The van der Waals surface area contributed by atoms with Gasteiger partial charge >= 0.3 is 0 Å². The molecule has 0 unspecified atom stereocenters. The summed E-state index contributed by atoms with van der Waals surface area (Å²) in [6.07, 6.45) is 0. The third-order valence-corrected chi connectivity index (χ3v) is 5.61. The molecule has 1 aromatic heterocycles. The molecule has 148 valence electrons. The van der Waals surface area contributed by atoms with Crippen LogP contribution in [0.2, 0.25) is 0 Å². The van der Waals surface area contributed by atoms with Gasteiger partial charge in [-0.15, -0.1) is 10.2 Å². The Labute approximate surface area is 173 Å². The third kappa shape index (κ3) is 5.93. The Morgan fingerprint density at radius 2 is 1.62 bits per heavy atom. The molecule has 29 heavy (non-hydrogen) atoms. The Hall–Kier alpha value is -3.11. The Morgan fingerprint density at radius 1 is 0.966 bits per heavy atom. The number of anilines is 2. The van der Waals surface area contributed by atoms with Crippen LogP contribution in [0.25, 0.3) is 0 Å². The monoisotopic (exact) mass is 430 g/mol. The first-order valence-electron chi connectivity index (χ1n) is 8.35. The molecule has 10 heteroatoms. The van der Waals surface area contributed by atoms with E-state index in [2.05, 4.69) is 20.8 Å². The second-order valence-electron chi connectivity index (χ2n) is 5.80. The molecule has 7 nitrogen and oxygen atoms in total. The van der Waals surface area contributed by atoms with Crippen molar-refractivity contribution in [3.8, 4) is 0 Å². The first kappa shape index (κ1) is 20.6. The molecule has 0 radical (unpaired) electrons. The number of Topliss-reactive ketones (excluding diaryl/α,β-unsaturated/α-hetero) is 1. The molecule has 2 amide bonds. The number of nitrogens with one attached hydrogen (secondary N) is 2.